The van der Waals surface area contributed by atoms with Crippen molar-refractivity contribution in [3.05, 3.63) is 51.7 Å². The Morgan fingerprint density at radius 2 is 2.14 bits per heavy atom. The van der Waals surface area contributed by atoms with E-state index in [0.29, 0.717) is 18.2 Å². The Morgan fingerprint density at radius 1 is 1.32 bits per heavy atom. The summed E-state index contributed by atoms with van der Waals surface area (Å²) in [7, 11) is 0. The van der Waals surface area contributed by atoms with Crippen molar-refractivity contribution in [2.45, 2.75) is 26.3 Å². The first-order valence-corrected chi connectivity index (χ1v) is 8.30. The fourth-order valence-corrected chi connectivity index (χ4v) is 3.24. The minimum absolute atomic E-state index is 0.106. The third-order valence-electron chi connectivity index (χ3n) is 3.49. The highest BCUT2D eigenvalue weighted by Gasteiger charge is 2.09. The third kappa shape index (κ3) is 4.58. The predicted octanol–water partition coefficient (Wildman–Crippen LogP) is 3.23. The molecule has 1 amide bonds. The van der Waals surface area contributed by atoms with Crippen LogP contribution in [0.5, 0.6) is 5.75 Å². The number of carbonyl (C=O) groups excluding carboxylic acids is 1. The van der Waals surface area contributed by atoms with E-state index in [0.717, 1.165) is 13.0 Å². The average molecular weight is 318 g/mol. The summed E-state index contributed by atoms with van der Waals surface area (Å²) in [6.45, 7) is 5.74. The Balaban J connectivity index is 1.67. The molecule has 1 aromatic heterocycles. The number of amides is 1. The molecule has 1 heterocycles. The van der Waals surface area contributed by atoms with Crippen molar-refractivity contribution in [1.29, 1.82) is 0 Å². The summed E-state index contributed by atoms with van der Waals surface area (Å²) in [5, 5.41) is 17.8. The second-order valence-electron chi connectivity index (χ2n) is 5.30. The highest BCUT2D eigenvalue weighted by atomic mass is 32.1. The van der Waals surface area contributed by atoms with Crippen LogP contribution in [0.15, 0.2) is 35.7 Å². The Kier molecular flexibility index (Phi) is 5.98. The summed E-state index contributed by atoms with van der Waals surface area (Å²) in [6, 6.07) is 8.84. The van der Waals surface area contributed by atoms with Gasteiger partial charge in [0.15, 0.2) is 0 Å². The first-order valence-electron chi connectivity index (χ1n) is 7.42. The maximum absolute atomic E-state index is 11.9. The molecular formula is C17H22N2O2S. The number of thiophene rings is 1. The monoisotopic (exact) mass is 318 g/mol. The SMILES string of the molecule is Cc1ccsc1C(C)NCCCNC(=O)c1cccc(O)c1. The topological polar surface area (TPSA) is 61.4 Å². The van der Waals surface area contributed by atoms with E-state index < -0.39 is 0 Å². The van der Waals surface area contributed by atoms with Crippen molar-refractivity contribution in [2.24, 2.45) is 0 Å². The maximum Gasteiger partial charge on any atom is 0.251 e. The molecule has 22 heavy (non-hydrogen) atoms. The molecule has 0 aliphatic rings. The second-order valence-corrected chi connectivity index (χ2v) is 6.25. The molecule has 0 bridgehead atoms. The van der Waals surface area contributed by atoms with Gasteiger partial charge in [0.25, 0.3) is 5.91 Å². The van der Waals surface area contributed by atoms with Crippen LogP contribution in [0.1, 0.15) is 40.2 Å². The second kappa shape index (κ2) is 7.96. The summed E-state index contributed by atoms with van der Waals surface area (Å²) in [4.78, 5) is 13.2. The molecule has 4 nitrogen and oxygen atoms in total. The number of nitrogens with one attached hydrogen (secondary N) is 2. The minimum atomic E-state index is -0.155. The Bertz CT molecular complexity index is 625. The lowest BCUT2D eigenvalue weighted by atomic mass is 10.2. The molecule has 0 spiro atoms. The first-order chi connectivity index (χ1) is 10.6. The summed E-state index contributed by atoms with van der Waals surface area (Å²) in [6.07, 6.45) is 0.860. The van der Waals surface area contributed by atoms with E-state index in [-0.39, 0.29) is 11.7 Å². The van der Waals surface area contributed by atoms with Gasteiger partial charge in [-0.1, -0.05) is 6.07 Å². The van der Waals surface area contributed by atoms with Crippen LogP contribution in [0, 0.1) is 6.92 Å². The molecule has 0 aliphatic carbocycles. The quantitative estimate of drug-likeness (QED) is 0.687. The third-order valence-corrected chi connectivity index (χ3v) is 4.69. The van der Waals surface area contributed by atoms with Crippen LogP contribution < -0.4 is 10.6 Å². The van der Waals surface area contributed by atoms with E-state index in [2.05, 4.69) is 35.9 Å². The highest BCUT2D eigenvalue weighted by Crippen LogP contribution is 2.23. The van der Waals surface area contributed by atoms with E-state index >= 15 is 0 Å². The molecule has 2 rings (SSSR count). The molecule has 3 N–H and O–H groups in total. The van der Waals surface area contributed by atoms with E-state index in [1.807, 2.05) is 0 Å². The number of rotatable bonds is 7. The van der Waals surface area contributed by atoms with Gasteiger partial charge in [-0.2, -0.15) is 0 Å². The molecule has 1 aromatic carbocycles. The lowest BCUT2D eigenvalue weighted by Gasteiger charge is -2.13. The average Bonchev–Trinajstić information content (AvgIpc) is 2.92. The molecule has 0 saturated carbocycles. The van der Waals surface area contributed by atoms with Gasteiger partial charge < -0.3 is 15.7 Å². The number of phenolic OH excluding ortho intramolecular Hbond substituents is 1. The number of aryl methyl sites for hydroxylation is 1. The fourth-order valence-electron chi connectivity index (χ4n) is 2.28. The van der Waals surface area contributed by atoms with Gasteiger partial charge in [0.05, 0.1) is 0 Å². The molecule has 0 fully saturated rings. The summed E-state index contributed by atoms with van der Waals surface area (Å²) >= 11 is 1.77. The molecule has 5 heteroatoms. The standard InChI is InChI=1S/C17H22N2O2S/c1-12-7-10-22-16(12)13(2)18-8-4-9-19-17(21)14-5-3-6-15(20)11-14/h3,5-7,10-11,13,18,20H,4,8-9H2,1-2H3,(H,19,21). The van der Waals surface area contributed by atoms with Crippen LogP contribution >= 0.6 is 11.3 Å². The van der Waals surface area contributed by atoms with Gasteiger partial charge in [0.2, 0.25) is 0 Å². The van der Waals surface area contributed by atoms with Crippen LogP contribution in [-0.2, 0) is 0 Å². The van der Waals surface area contributed by atoms with E-state index in [1.54, 1.807) is 29.5 Å². The number of hydrogen-bond acceptors (Lipinski definition) is 4. The van der Waals surface area contributed by atoms with Crippen molar-refractivity contribution in [2.75, 3.05) is 13.1 Å². The van der Waals surface area contributed by atoms with Gasteiger partial charge in [-0.25, -0.2) is 0 Å². The minimum Gasteiger partial charge on any atom is -0.508 e. The first kappa shape index (κ1) is 16.5. The van der Waals surface area contributed by atoms with Gasteiger partial charge >= 0.3 is 0 Å². The number of benzene rings is 1. The molecule has 2 aromatic rings. The van der Waals surface area contributed by atoms with Crippen molar-refractivity contribution in [3.63, 3.8) is 0 Å². The van der Waals surface area contributed by atoms with Gasteiger partial charge in [0, 0.05) is 23.0 Å². The van der Waals surface area contributed by atoms with Crippen LogP contribution in [0.2, 0.25) is 0 Å². The number of aromatic hydroxyl groups is 1. The summed E-state index contributed by atoms with van der Waals surface area (Å²) in [5.74, 6) is -0.0486. The molecule has 0 saturated heterocycles. The van der Waals surface area contributed by atoms with Crippen LogP contribution in [0.25, 0.3) is 0 Å². The molecule has 118 valence electrons. The molecule has 1 unspecified atom stereocenters. The summed E-state index contributed by atoms with van der Waals surface area (Å²) in [5.41, 5.74) is 1.80. The van der Waals surface area contributed by atoms with E-state index in [1.165, 1.54) is 16.5 Å². The smallest absolute Gasteiger partial charge is 0.251 e. The van der Waals surface area contributed by atoms with Gasteiger partial charge in [0.1, 0.15) is 5.75 Å². The van der Waals surface area contributed by atoms with Gasteiger partial charge in [-0.05, 0) is 62.0 Å². The Hall–Kier alpha value is -1.85. The lowest BCUT2D eigenvalue weighted by Crippen LogP contribution is -2.28. The normalized spacial score (nSPS) is 12.1. The van der Waals surface area contributed by atoms with Crippen LogP contribution in [-0.4, -0.2) is 24.1 Å². The number of phenols is 1. The molecule has 1 atom stereocenters. The molecule has 0 radical (unpaired) electrons. The van der Waals surface area contributed by atoms with E-state index in [4.69, 9.17) is 0 Å². The molecular weight excluding hydrogens is 296 g/mol. The van der Waals surface area contributed by atoms with Crippen molar-refractivity contribution in [1.82, 2.24) is 10.6 Å². The van der Waals surface area contributed by atoms with Crippen molar-refractivity contribution in [3.8, 4) is 5.75 Å². The Labute approximate surface area is 135 Å². The van der Waals surface area contributed by atoms with Crippen molar-refractivity contribution >= 4 is 17.2 Å². The number of carbonyl (C=O) groups is 1. The maximum atomic E-state index is 11.9. The van der Waals surface area contributed by atoms with Gasteiger partial charge in [-0.15, -0.1) is 11.3 Å². The molecule has 0 aliphatic heterocycles. The summed E-state index contributed by atoms with van der Waals surface area (Å²) < 4.78 is 0. The Morgan fingerprint density at radius 3 is 2.82 bits per heavy atom. The van der Waals surface area contributed by atoms with E-state index in [9.17, 15) is 9.90 Å². The fraction of sp³-hybridized carbons (Fsp3) is 0.353. The zero-order valence-corrected chi connectivity index (χ0v) is 13.7. The highest BCUT2D eigenvalue weighted by molar-refractivity contribution is 7.10. The van der Waals surface area contributed by atoms with Crippen molar-refractivity contribution < 1.29 is 9.90 Å². The number of hydrogen-bond donors (Lipinski definition) is 3. The predicted molar refractivity (Wildman–Crippen MR) is 90.5 cm³/mol. The largest absolute Gasteiger partial charge is 0.508 e. The zero-order chi connectivity index (χ0) is 15.9. The van der Waals surface area contributed by atoms with Crippen LogP contribution in [0.3, 0.4) is 0 Å². The zero-order valence-electron chi connectivity index (χ0n) is 12.9. The van der Waals surface area contributed by atoms with Crippen LogP contribution in [0.4, 0.5) is 0 Å². The lowest BCUT2D eigenvalue weighted by molar-refractivity contribution is 0.0953. The van der Waals surface area contributed by atoms with Gasteiger partial charge in [-0.3, -0.25) is 4.79 Å².